The summed E-state index contributed by atoms with van der Waals surface area (Å²) in [5, 5.41) is 15.6. The van der Waals surface area contributed by atoms with Gasteiger partial charge in [-0.3, -0.25) is 9.88 Å². The molecule has 0 radical (unpaired) electrons. The monoisotopic (exact) mass is 368 g/mol. The molecule has 1 atom stereocenters. The molecular weight excluding hydrogens is 344 g/mol. The van der Waals surface area contributed by atoms with Crippen LogP contribution in [0.4, 0.5) is 0 Å². The van der Waals surface area contributed by atoms with E-state index in [9.17, 15) is 9.59 Å². The molecule has 2 N–H and O–H groups in total. The topological polar surface area (TPSA) is 90.7 Å². The van der Waals surface area contributed by atoms with Crippen LogP contribution in [-0.2, 0) is 16.0 Å². The second-order valence-electron chi connectivity index (χ2n) is 6.44. The summed E-state index contributed by atoms with van der Waals surface area (Å²) in [6.45, 7) is 1.20. The van der Waals surface area contributed by atoms with Gasteiger partial charge < -0.3 is 10.2 Å². The zero-order chi connectivity index (χ0) is 19.6. The smallest absolute Gasteiger partial charge is 0.328 e. The molecule has 27 heavy (non-hydrogen) atoms. The summed E-state index contributed by atoms with van der Waals surface area (Å²) >= 11 is 0. The van der Waals surface area contributed by atoms with E-state index in [1.54, 1.807) is 0 Å². The van der Waals surface area contributed by atoms with Crippen molar-refractivity contribution in [2.75, 3.05) is 13.6 Å². The number of aliphatic carboxylic acids is 2. The number of benzene rings is 1. The van der Waals surface area contributed by atoms with E-state index in [0.29, 0.717) is 18.2 Å². The number of pyridine rings is 1. The number of carbonyl (C=O) groups is 2. The van der Waals surface area contributed by atoms with Crippen molar-refractivity contribution in [2.45, 2.75) is 25.3 Å². The first-order valence-corrected chi connectivity index (χ1v) is 8.77. The van der Waals surface area contributed by atoms with Gasteiger partial charge in [0.05, 0.1) is 0 Å². The van der Waals surface area contributed by atoms with E-state index >= 15 is 0 Å². The Labute approximate surface area is 158 Å². The van der Waals surface area contributed by atoms with Gasteiger partial charge in [-0.2, -0.15) is 0 Å². The van der Waals surface area contributed by atoms with Crippen molar-refractivity contribution in [1.82, 2.24) is 9.88 Å². The van der Waals surface area contributed by atoms with Gasteiger partial charge in [-0.05, 0) is 49.5 Å². The lowest BCUT2D eigenvalue weighted by molar-refractivity contribution is -0.134. The molecule has 142 valence electrons. The third kappa shape index (κ3) is 7.03. The minimum absolute atomic E-state index is 0.558. The SMILES string of the molecule is CN1CCCC1c1cncc(Cc2ccccc2)c1.O=C(O)C=CC(=O)O. The van der Waals surface area contributed by atoms with Gasteiger partial charge >= 0.3 is 11.9 Å². The van der Waals surface area contributed by atoms with Crippen LogP contribution in [-0.4, -0.2) is 45.6 Å². The summed E-state index contributed by atoms with van der Waals surface area (Å²) < 4.78 is 0. The van der Waals surface area contributed by atoms with Crippen molar-refractivity contribution in [2.24, 2.45) is 0 Å². The van der Waals surface area contributed by atoms with E-state index in [1.165, 1.54) is 36.1 Å². The van der Waals surface area contributed by atoms with E-state index in [4.69, 9.17) is 10.2 Å². The highest BCUT2D eigenvalue weighted by molar-refractivity contribution is 5.89. The molecule has 6 heteroatoms. The first-order chi connectivity index (χ1) is 13.0. The lowest BCUT2D eigenvalue weighted by Gasteiger charge is -2.19. The Hall–Kier alpha value is -2.99. The van der Waals surface area contributed by atoms with Crippen LogP contribution in [0.3, 0.4) is 0 Å². The third-order valence-electron chi connectivity index (χ3n) is 4.34. The Kier molecular flexibility index (Phi) is 7.70. The molecule has 0 bridgehead atoms. The van der Waals surface area contributed by atoms with Crippen LogP contribution < -0.4 is 0 Å². The van der Waals surface area contributed by atoms with Gasteiger partial charge in [0.25, 0.3) is 0 Å². The van der Waals surface area contributed by atoms with Crippen LogP contribution in [0.2, 0.25) is 0 Å². The van der Waals surface area contributed by atoms with Crippen molar-refractivity contribution in [3.63, 3.8) is 0 Å². The van der Waals surface area contributed by atoms with Crippen LogP contribution in [0, 0.1) is 0 Å². The molecule has 6 nitrogen and oxygen atoms in total. The van der Waals surface area contributed by atoms with Crippen LogP contribution in [0.25, 0.3) is 0 Å². The molecule has 1 aliphatic heterocycles. The molecule has 0 aliphatic carbocycles. The fourth-order valence-electron chi connectivity index (χ4n) is 3.09. The highest BCUT2D eigenvalue weighted by atomic mass is 16.4. The largest absolute Gasteiger partial charge is 0.478 e. The number of hydrogen-bond donors (Lipinski definition) is 2. The zero-order valence-electron chi connectivity index (χ0n) is 15.3. The van der Waals surface area contributed by atoms with E-state index in [1.807, 2.05) is 12.4 Å². The molecule has 0 spiro atoms. The lowest BCUT2D eigenvalue weighted by atomic mass is 10.0. The maximum absolute atomic E-state index is 9.55. The summed E-state index contributed by atoms with van der Waals surface area (Å²) in [6, 6.07) is 13.5. The van der Waals surface area contributed by atoms with Crippen molar-refractivity contribution < 1.29 is 19.8 Å². The normalized spacial score (nSPS) is 16.7. The van der Waals surface area contributed by atoms with Gasteiger partial charge in [-0.15, -0.1) is 0 Å². The van der Waals surface area contributed by atoms with Crippen LogP contribution in [0.5, 0.6) is 0 Å². The van der Waals surface area contributed by atoms with Gasteiger partial charge in [0.1, 0.15) is 0 Å². The Morgan fingerprint density at radius 3 is 2.33 bits per heavy atom. The number of hydrogen-bond acceptors (Lipinski definition) is 4. The second-order valence-corrected chi connectivity index (χ2v) is 6.44. The number of nitrogens with zero attached hydrogens (tertiary/aromatic N) is 2. The minimum Gasteiger partial charge on any atom is -0.478 e. The maximum atomic E-state index is 9.55. The van der Waals surface area contributed by atoms with E-state index < -0.39 is 11.9 Å². The first-order valence-electron chi connectivity index (χ1n) is 8.77. The molecule has 1 unspecified atom stereocenters. The van der Waals surface area contributed by atoms with Gasteiger partial charge in [-0.1, -0.05) is 36.4 Å². The Bertz CT molecular complexity index is 774. The third-order valence-corrected chi connectivity index (χ3v) is 4.34. The van der Waals surface area contributed by atoms with E-state index in [2.05, 4.69) is 53.3 Å². The number of carboxylic acids is 2. The fraction of sp³-hybridized carbons (Fsp3) is 0.286. The Balaban J connectivity index is 0.000000279. The molecule has 0 saturated carbocycles. The average molecular weight is 368 g/mol. The molecule has 1 aromatic heterocycles. The molecule has 1 aromatic carbocycles. The second kappa shape index (κ2) is 10.2. The van der Waals surface area contributed by atoms with Gasteiger partial charge in [0.15, 0.2) is 0 Å². The Morgan fingerprint density at radius 2 is 1.78 bits per heavy atom. The molecule has 0 amide bonds. The summed E-state index contributed by atoms with van der Waals surface area (Å²) in [7, 11) is 2.21. The minimum atomic E-state index is -1.26. The van der Waals surface area contributed by atoms with Crippen LogP contribution in [0.15, 0.2) is 60.9 Å². The summed E-state index contributed by atoms with van der Waals surface area (Å²) in [4.78, 5) is 26.0. The lowest BCUT2D eigenvalue weighted by Crippen LogP contribution is -2.17. The summed E-state index contributed by atoms with van der Waals surface area (Å²) in [6.07, 6.45) is 8.66. The summed E-state index contributed by atoms with van der Waals surface area (Å²) in [5.74, 6) is -2.51. The molecule has 2 aromatic rings. The summed E-state index contributed by atoms with van der Waals surface area (Å²) in [5.41, 5.74) is 4.03. The highest BCUT2D eigenvalue weighted by Crippen LogP contribution is 2.30. The number of carboxylic acid groups (broad SMARTS) is 2. The quantitative estimate of drug-likeness (QED) is 0.788. The standard InChI is InChI=1S/C17H20N2.C4H4O4/c1-19-9-5-8-17(19)16-11-15(12-18-13-16)10-14-6-3-2-4-7-14;5-3(6)1-2-4(7)8/h2-4,6-7,11-13,17H,5,8-10H2,1H3;1-2H,(H,5,6)(H,7,8). The van der Waals surface area contributed by atoms with Gasteiger partial charge in [0, 0.05) is 30.6 Å². The predicted octanol–water partition coefficient (Wildman–Crippen LogP) is 3.15. The molecular formula is C21H24N2O4. The maximum Gasteiger partial charge on any atom is 0.328 e. The number of rotatable bonds is 5. The number of aromatic nitrogens is 1. The van der Waals surface area contributed by atoms with Gasteiger partial charge in [-0.25, -0.2) is 9.59 Å². The van der Waals surface area contributed by atoms with Crippen molar-refractivity contribution >= 4 is 11.9 Å². The molecule has 2 heterocycles. The van der Waals surface area contributed by atoms with Gasteiger partial charge in [0.2, 0.25) is 0 Å². The van der Waals surface area contributed by atoms with Crippen molar-refractivity contribution in [3.05, 3.63) is 77.6 Å². The zero-order valence-corrected chi connectivity index (χ0v) is 15.3. The fourth-order valence-corrected chi connectivity index (χ4v) is 3.09. The molecule has 1 aliphatic rings. The number of likely N-dealkylation sites (tertiary alicyclic amines) is 1. The average Bonchev–Trinajstić information content (AvgIpc) is 3.08. The molecule has 3 rings (SSSR count). The van der Waals surface area contributed by atoms with E-state index in [-0.39, 0.29) is 0 Å². The highest BCUT2D eigenvalue weighted by Gasteiger charge is 2.22. The van der Waals surface area contributed by atoms with Crippen LogP contribution >= 0.6 is 0 Å². The van der Waals surface area contributed by atoms with Crippen LogP contribution in [0.1, 0.15) is 35.6 Å². The molecule has 1 fully saturated rings. The van der Waals surface area contributed by atoms with E-state index in [0.717, 1.165) is 6.42 Å². The predicted molar refractivity (Wildman–Crippen MR) is 103 cm³/mol. The van der Waals surface area contributed by atoms with Crippen molar-refractivity contribution in [1.29, 1.82) is 0 Å². The first kappa shape index (κ1) is 20.3. The molecule has 1 saturated heterocycles. The Morgan fingerprint density at radius 1 is 1.11 bits per heavy atom. The van der Waals surface area contributed by atoms with Crippen molar-refractivity contribution in [3.8, 4) is 0 Å².